The lowest BCUT2D eigenvalue weighted by Crippen LogP contribution is -2.12. The fourth-order valence-corrected chi connectivity index (χ4v) is 1.72. The minimum atomic E-state index is -0.431. The average Bonchev–Trinajstić information content (AvgIpc) is 2.91. The predicted molar refractivity (Wildman–Crippen MR) is 66.4 cm³/mol. The molecule has 0 aliphatic heterocycles. The van der Waals surface area contributed by atoms with Gasteiger partial charge in [0.05, 0.1) is 23.4 Å². The number of hydrogen-bond donors (Lipinski definition) is 2. The summed E-state index contributed by atoms with van der Waals surface area (Å²) in [4.78, 5) is 7.16. The van der Waals surface area contributed by atoms with E-state index in [1.807, 2.05) is 13.0 Å². The van der Waals surface area contributed by atoms with E-state index in [4.69, 9.17) is 5.26 Å². The van der Waals surface area contributed by atoms with Crippen LogP contribution in [0.4, 0.5) is 10.1 Å². The first-order chi connectivity index (χ1) is 8.74. The molecule has 18 heavy (non-hydrogen) atoms. The van der Waals surface area contributed by atoms with E-state index in [2.05, 4.69) is 15.3 Å². The first-order valence-electron chi connectivity index (χ1n) is 5.70. The van der Waals surface area contributed by atoms with Crippen LogP contribution in [0.5, 0.6) is 0 Å². The largest absolute Gasteiger partial charge is 0.373 e. The average molecular weight is 244 g/mol. The molecule has 0 spiro atoms. The molecule has 0 saturated heterocycles. The Kier molecular flexibility index (Phi) is 3.58. The second kappa shape index (κ2) is 5.32. The quantitative estimate of drug-likeness (QED) is 0.869. The molecule has 0 aliphatic carbocycles. The standard InChI is InChI=1S/C13H13FN4/c1-2-11(13-16-5-6-17-13)18-12-4-3-9(8-15)7-10(12)14/h3-7,11,18H,2H2,1H3,(H,16,17). The van der Waals surface area contributed by atoms with Crippen LogP contribution in [0.1, 0.15) is 30.8 Å². The minimum Gasteiger partial charge on any atom is -0.373 e. The molecule has 2 aromatic rings. The Balaban J connectivity index is 2.20. The Hall–Kier alpha value is -2.35. The lowest BCUT2D eigenvalue weighted by molar-refractivity contribution is 0.620. The highest BCUT2D eigenvalue weighted by Gasteiger charge is 2.13. The van der Waals surface area contributed by atoms with E-state index < -0.39 is 5.82 Å². The van der Waals surface area contributed by atoms with Gasteiger partial charge in [0.25, 0.3) is 0 Å². The van der Waals surface area contributed by atoms with Crippen molar-refractivity contribution in [3.8, 4) is 6.07 Å². The first kappa shape index (κ1) is 12.1. The second-order valence-electron chi connectivity index (χ2n) is 3.89. The van der Waals surface area contributed by atoms with Crippen LogP contribution in [0.15, 0.2) is 30.6 Å². The molecule has 1 unspecified atom stereocenters. The van der Waals surface area contributed by atoms with Crippen LogP contribution in [0.25, 0.3) is 0 Å². The van der Waals surface area contributed by atoms with Crippen molar-refractivity contribution in [2.75, 3.05) is 5.32 Å². The summed E-state index contributed by atoms with van der Waals surface area (Å²) in [5.41, 5.74) is 0.682. The zero-order chi connectivity index (χ0) is 13.0. The van der Waals surface area contributed by atoms with Crippen molar-refractivity contribution in [1.82, 2.24) is 9.97 Å². The predicted octanol–water partition coefficient (Wildman–Crippen LogP) is 2.98. The number of aromatic nitrogens is 2. The summed E-state index contributed by atoms with van der Waals surface area (Å²) in [5.74, 6) is 0.334. The maximum atomic E-state index is 13.7. The third kappa shape index (κ3) is 2.48. The van der Waals surface area contributed by atoms with Gasteiger partial charge in [-0.25, -0.2) is 9.37 Å². The number of nitrogens with one attached hydrogen (secondary N) is 2. The van der Waals surface area contributed by atoms with Crippen molar-refractivity contribution in [3.63, 3.8) is 0 Å². The Bertz CT molecular complexity index is 557. The maximum Gasteiger partial charge on any atom is 0.147 e. The minimum absolute atomic E-state index is 0.0811. The molecule has 1 heterocycles. The monoisotopic (exact) mass is 244 g/mol. The van der Waals surface area contributed by atoms with Crippen molar-refractivity contribution in [3.05, 3.63) is 47.8 Å². The highest BCUT2D eigenvalue weighted by atomic mass is 19.1. The van der Waals surface area contributed by atoms with E-state index in [1.165, 1.54) is 6.07 Å². The smallest absolute Gasteiger partial charge is 0.147 e. The van der Waals surface area contributed by atoms with E-state index in [0.717, 1.165) is 12.2 Å². The second-order valence-corrected chi connectivity index (χ2v) is 3.89. The molecule has 0 aliphatic rings. The highest BCUT2D eigenvalue weighted by Crippen LogP contribution is 2.22. The van der Waals surface area contributed by atoms with E-state index >= 15 is 0 Å². The van der Waals surface area contributed by atoms with Crippen molar-refractivity contribution in [2.24, 2.45) is 0 Å². The van der Waals surface area contributed by atoms with Gasteiger partial charge in [-0.3, -0.25) is 0 Å². The molecule has 0 radical (unpaired) electrons. The summed E-state index contributed by atoms with van der Waals surface area (Å²) in [6, 6.07) is 6.19. The van der Waals surface area contributed by atoms with Crippen LogP contribution in [0.3, 0.4) is 0 Å². The van der Waals surface area contributed by atoms with Gasteiger partial charge in [-0.2, -0.15) is 5.26 Å². The number of imidazole rings is 1. The topological polar surface area (TPSA) is 64.5 Å². The number of anilines is 1. The van der Waals surface area contributed by atoms with Crippen molar-refractivity contribution >= 4 is 5.69 Å². The third-order valence-electron chi connectivity index (χ3n) is 2.69. The Labute approximate surface area is 104 Å². The zero-order valence-corrected chi connectivity index (χ0v) is 9.94. The molecule has 0 amide bonds. The van der Waals surface area contributed by atoms with Gasteiger partial charge in [0.1, 0.15) is 11.6 Å². The summed E-state index contributed by atoms with van der Waals surface area (Å²) in [7, 11) is 0. The van der Waals surface area contributed by atoms with E-state index in [-0.39, 0.29) is 6.04 Å². The molecule has 2 N–H and O–H groups in total. The number of rotatable bonds is 4. The van der Waals surface area contributed by atoms with Crippen molar-refractivity contribution in [1.29, 1.82) is 5.26 Å². The van der Waals surface area contributed by atoms with Gasteiger partial charge in [0.15, 0.2) is 0 Å². The normalized spacial score (nSPS) is 11.8. The molecular weight excluding hydrogens is 231 g/mol. The fourth-order valence-electron chi connectivity index (χ4n) is 1.72. The maximum absolute atomic E-state index is 13.7. The Morgan fingerprint density at radius 1 is 1.56 bits per heavy atom. The lowest BCUT2D eigenvalue weighted by Gasteiger charge is -2.16. The van der Waals surface area contributed by atoms with E-state index in [0.29, 0.717) is 11.3 Å². The van der Waals surface area contributed by atoms with Crippen LogP contribution < -0.4 is 5.32 Å². The van der Waals surface area contributed by atoms with Gasteiger partial charge in [0, 0.05) is 12.4 Å². The molecule has 0 saturated carbocycles. The summed E-state index contributed by atoms with van der Waals surface area (Å²) in [6.07, 6.45) is 4.16. The lowest BCUT2D eigenvalue weighted by atomic mass is 10.1. The highest BCUT2D eigenvalue weighted by molar-refractivity contribution is 5.49. The van der Waals surface area contributed by atoms with Gasteiger partial charge < -0.3 is 10.3 Å². The molecule has 1 aromatic heterocycles. The van der Waals surface area contributed by atoms with Crippen LogP contribution >= 0.6 is 0 Å². The molecule has 5 heteroatoms. The number of benzene rings is 1. The van der Waals surface area contributed by atoms with Crippen LogP contribution in [0.2, 0.25) is 0 Å². The SMILES string of the molecule is CCC(Nc1ccc(C#N)cc1F)c1ncc[nH]1. The molecule has 1 aromatic carbocycles. The molecule has 92 valence electrons. The van der Waals surface area contributed by atoms with Gasteiger partial charge >= 0.3 is 0 Å². The Morgan fingerprint density at radius 3 is 2.94 bits per heavy atom. The van der Waals surface area contributed by atoms with E-state index in [1.54, 1.807) is 24.5 Å². The van der Waals surface area contributed by atoms with Gasteiger partial charge in [-0.15, -0.1) is 0 Å². The summed E-state index contributed by atoms with van der Waals surface area (Å²) in [5, 5.41) is 11.8. The number of nitrogens with zero attached hydrogens (tertiary/aromatic N) is 2. The van der Waals surface area contributed by atoms with Crippen LogP contribution in [-0.4, -0.2) is 9.97 Å². The van der Waals surface area contributed by atoms with Crippen molar-refractivity contribution in [2.45, 2.75) is 19.4 Å². The van der Waals surface area contributed by atoms with Crippen LogP contribution in [-0.2, 0) is 0 Å². The molecule has 0 bridgehead atoms. The third-order valence-corrected chi connectivity index (χ3v) is 2.69. The fraction of sp³-hybridized carbons (Fsp3) is 0.231. The number of aromatic amines is 1. The molecule has 4 nitrogen and oxygen atoms in total. The van der Waals surface area contributed by atoms with Gasteiger partial charge in [0.2, 0.25) is 0 Å². The summed E-state index contributed by atoms with van der Waals surface area (Å²) >= 11 is 0. The number of nitriles is 1. The van der Waals surface area contributed by atoms with Gasteiger partial charge in [-0.1, -0.05) is 6.92 Å². The molecule has 2 rings (SSSR count). The van der Waals surface area contributed by atoms with E-state index in [9.17, 15) is 4.39 Å². The molecular formula is C13H13FN4. The number of halogens is 1. The molecule has 0 fully saturated rings. The summed E-state index contributed by atoms with van der Waals surface area (Å²) in [6.45, 7) is 1.99. The van der Waals surface area contributed by atoms with Crippen LogP contribution in [0, 0.1) is 17.1 Å². The van der Waals surface area contributed by atoms with Crippen molar-refractivity contribution < 1.29 is 4.39 Å². The number of hydrogen-bond acceptors (Lipinski definition) is 3. The zero-order valence-electron chi connectivity index (χ0n) is 9.94. The number of H-pyrrole nitrogens is 1. The summed E-state index contributed by atoms with van der Waals surface area (Å²) < 4.78 is 13.7. The molecule has 1 atom stereocenters. The Morgan fingerprint density at radius 2 is 2.39 bits per heavy atom. The first-order valence-corrected chi connectivity index (χ1v) is 5.70. The van der Waals surface area contributed by atoms with Gasteiger partial charge in [-0.05, 0) is 24.6 Å².